The number of aromatic hydroxyl groups is 1. The van der Waals surface area contributed by atoms with E-state index >= 15 is 0 Å². The van der Waals surface area contributed by atoms with Crippen LogP contribution in [0.25, 0.3) is 10.8 Å². The minimum atomic E-state index is 0.151. The molecule has 0 spiro atoms. The highest BCUT2D eigenvalue weighted by Gasteiger charge is 2.05. The molecule has 66 valence electrons. The van der Waals surface area contributed by atoms with Gasteiger partial charge in [0.25, 0.3) is 0 Å². The van der Waals surface area contributed by atoms with Crippen LogP contribution in [0.1, 0.15) is 5.56 Å². The van der Waals surface area contributed by atoms with Crippen LogP contribution in [0.3, 0.4) is 0 Å². The molecule has 2 heteroatoms. The molecule has 1 N–H and O–H groups in total. The Balaban J connectivity index is 2.94. The van der Waals surface area contributed by atoms with Crippen LogP contribution >= 0.6 is 11.6 Å². The third kappa shape index (κ3) is 1.25. The van der Waals surface area contributed by atoms with Crippen LogP contribution in [0.15, 0.2) is 30.3 Å². The lowest BCUT2D eigenvalue weighted by atomic mass is 10.1. The zero-order valence-corrected chi connectivity index (χ0v) is 7.97. The van der Waals surface area contributed by atoms with Gasteiger partial charge in [-0.2, -0.15) is 0 Å². The average molecular weight is 193 g/mol. The molecule has 0 atom stereocenters. The minimum absolute atomic E-state index is 0.151. The zero-order chi connectivity index (χ0) is 9.42. The predicted octanol–water partition coefficient (Wildman–Crippen LogP) is 3.51. The molecule has 0 bridgehead atoms. The van der Waals surface area contributed by atoms with E-state index in [4.69, 9.17) is 11.6 Å². The fourth-order valence-electron chi connectivity index (χ4n) is 1.49. The molecule has 0 aliphatic carbocycles. The standard InChI is InChI=1S/C11H9ClO/c1-7-9-5-3-2-4-8(9)6-10(13)11(7)12/h2-6,13H,1H3. The molecule has 2 rings (SSSR count). The number of halogens is 1. The second-order valence-electron chi connectivity index (χ2n) is 3.06. The summed E-state index contributed by atoms with van der Waals surface area (Å²) in [6.07, 6.45) is 0. The van der Waals surface area contributed by atoms with E-state index in [-0.39, 0.29) is 5.75 Å². The summed E-state index contributed by atoms with van der Waals surface area (Å²) < 4.78 is 0. The largest absolute Gasteiger partial charge is 0.506 e. The van der Waals surface area contributed by atoms with Gasteiger partial charge in [0, 0.05) is 0 Å². The van der Waals surface area contributed by atoms with Crippen molar-refractivity contribution in [2.75, 3.05) is 0 Å². The Bertz CT molecular complexity index is 463. The normalized spacial score (nSPS) is 10.6. The molecule has 0 unspecified atom stereocenters. The number of benzene rings is 2. The minimum Gasteiger partial charge on any atom is -0.506 e. The number of phenols is 1. The maximum Gasteiger partial charge on any atom is 0.135 e. The fourth-order valence-corrected chi connectivity index (χ4v) is 1.64. The highest BCUT2D eigenvalue weighted by atomic mass is 35.5. The SMILES string of the molecule is Cc1c(Cl)c(O)cc2ccccc12. The Labute approximate surface area is 81.6 Å². The van der Waals surface area contributed by atoms with Crippen LogP contribution < -0.4 is 0 Å². The second kappa shape index (κ2) is 2.93. The molecular weight excluding hydrogens is 184 g/mol. The number of rotatable bonds is 0. The van der Waals surface area contributed by atoms with Crippen molar-refractivity contribution in [2.24, 2.45) is 0 Å². The number of fused-ring (bicyclic) bond motifs is 1. The monoisotopic (exact) mass is 192 g/mol. The third-order valence-corrected chi connectivity index (χ3v) is 2.69. The smallest absolute Gasteiger partial charge is 0.135 e. The summed E-state index contributed by atoms with van der Waals surface area (Å²) in [6, 6.07) is 9.54. The maximum absolute atomic E-state index is 9.47. The number of hydrogen-bond donors (Lipinski definition) is 1. The zero-order valence-electron chi connectivity index (χ0n) is 7.21. The first-order chi connectivity index (χ1) is 6.20. The van der Waals surface area contributed by atoms with E-state index in [2.05, 4.69) is 0 Å². The summed E-state index contributed by atoms with van der Waals surface area (Å²) in [5.74, 6) is 0.151. The van der Waals surface area contributed by atoms with Crippen LogP contribution in [0, 0.1) is 6.92 Å². The number of phenolic OH excluding ortho intramolecular Hbond substituents is 1. The van der Waals surface area contributed by atoms with E-state index in [1.807, 2.05) is 31.2 Å². The van der Waals surface area contributed by atoms with Crippen LogP contribution in [0.2, 0.25) is 5.02 Å². The molecule has 1 nitrogen and oxygen atoms in total. The molecule has 0 heterocycles. The van der Waals surface area contributed by atoms with Crippen molar-refractivity contribution < 1.29 is 5.11 Å². The first-order valence-corrected chi connectivity index (χ1v) is 4.45. The van der Waals surface area contributed by atoms with Crippen LogP contribution in [0.4, 0.5) is 0 Å². The van der Waals surface area contributed by atoms with Gasteiger partial charge in [-0.15, -0.1) is 0 Å². The summed E-state index contributed by atoms with van der Waals surface area (Å²) in [5.41, 5.74) is 0.928. The number of aryl methyl sites for hydroxylation is 1. The third-order valence-electron chi connectivity index (χ3n) is 2.21. The Morgan fingerprint density at radius 3 is 2.69 bits per heavy atom. The molecule has 2 aromatic rings. The van der Waals surface area contributed by atoms with Gasteiger partial charge in [-0.1, -0.05) is 35.9 Å². The lowest BCUT2D eigenvalue weighted by molar-refractivity contribution is 0.476. The van der Waals surface area contributed by atoms with Gasteiger partial charge in [0.15, 0.2) is 0 Å². The number of hydrogen-bond acceptors (Lipinski definition) is 1. The molecule has 0 aliphatic heterocycles. The lowest BCUT2D eigenvalue weighted by Crippen LogP contribution is -1.80. The molecule has 2 aromatic carbocycles. The van der Waals surface area contributed by atoms with E-state index in [0.29, 0.717) is 5.02 Å². The Hall–Kier alpha value is -1.21. The Kier molecular flexibility index (Phi) is 1.89. The molecular formula is C11H9ClO. The maximum atomic E-state index is 9.47. The quantitative estimate of drug-likeness (QED) is 0.677. The van der Waals surface area contributed by atoms with Crippen molar-refractivity contribution in [1.29, 1.82) is 0 Å². The van der Waals surface area contributed by atoms with Gasteiger partial charge in [0.2, 0.25) is 0 Å². The molecule has 0 radical (unpaired) electrons. The summed E-state index contributed by atoms with van der Waals surface area (Å²) in [6.45, 7) is 1.91. The van der Waals surface area contributed by atoms with Gasteiger partial charge in [-0.3, -0.25) is 0 Å². The highest BCUT2D eigenvalue weighted by Crippen LogP contribution is 2.33. The van der Waals surface area contributed by atoms with Crippen LogP contribution in [-0.2, 0) is 0 Å². The first kappa shape index (κ1) is 8.39. The fraction of sp³-hybridized carbons (Fsp3) is 0.0909. The summed E-state index contributed by atoms with van der Waals surface area (Å²) >= 11 is 5.91. The van der Waals surface area contributed by atoms with Crippen LogP contribution in [0.5, 0.6) is 5.75 Å². The van der Waals surface area contributed by atoms with Crippen molar-refractivity contribution >= 4 is 22.4 Å². The Morgan fingerprint density at radius 1 is 1.23 bits per heavy atom. The molecule has 13 heavy (non-hydrogen) atoms. The van der Waals surface area contributed by atoms with Crippen molar-refractivity contribution in [1.82, 2.24) is 0 Å². The summed E-state index contributed by atoms with van der Waals surface area (Å²) in [5, 5.41) is 12.0. The second-order valence-corrected chi connectivity index (χ2v) is 3.43. The highest BCUT2D eigenvalue weighted by molar-refractivity contribution is 6.33. The van der Waals surface area contributed by atoms with E-state index in [1.165, 1.54) is 0 Å². The van der Waals surface area contributed by atoms with Gasteiger partial charge in [0.05, 0.1) is 5.02 Å². The summed E-state index contributed by atoms with van der Waals surface area (Å²) in [4.78, 5) is 0. The van der Waals surface area contributed by atoms with Crippen LogP contribution in [-0.4, -0.2) is 5.11 Å². The molecule has 0 aliphatic rings. The van der Waals surface area contributed by atoms with E-state index in [9.17, 15) is 5.11 Å². The van der Waals surface area contributed by atoms with Gasteiger partial charge in [0.1, 0.15) is 5.75 Å². The average Bonchev–Trinajstić information content (AvgIpc) is 2.15. The van der Waals surface area contributed by atoms with Gasteiger partial charge < -0.3 is 5.11 Å². The van der Waals surface area contributed by atoms with Crippen molar-refractivity contribution in [2.45, 2.75) is 6.92 Å². The predicted molar refractivity (Wildman–Crippen MR) is 55.4 cm³/mol. The molecule has 0 aromatic heterocycles. The van der Waals surface area contributed by atoms with Gasteiger partial charge in [-0.05, 0) is 29.3 Å². The molecule has 0 saturated carbocycles. The van der Waals surface area contributed by atoms with E-state index in [1.54, 1.807) is 6.07 Å². The molecule has 0 amide bonds. The van der Waals surface area contributed by atoms with Gasteiger partial charge >= 0.3 is 0 Å². The van der Waals surface area contributed by atoms with Gasteiger partial charge in [-0.25, -0.2) is 0 Å². The molecule has 0 fully saturated rings. The van der Waals surface area contributed by atoms with E-state index in [0.717, 1.165) is 16.3 Å². The topological polar surface area (TPSA) is 20.2 Å². The molecule has 0 saturated heterocycles. The van der Waals surface area contributed by atoms with E-state index < -0.39 is 0 Å². The first-order valence-electron chi connectivity index (χ1n) is 4.07. The van der Waals surface area contributed by atoms with Crippen molar-refractivity contribution in [3.63, 3.8) is 0 Å². The lowest BCUT2D eigenvalue weighted by Gasteiger charge is -2.05. The van der Waals surface area contributed by atoms with Crippen molar-refractivity contribution in [3.8, 4) is 5.75 Å². The Morgan fingerprint density at radius 2 is 1.92 bits per heavy atom. The van der Waals surface area contributed by atoms with Crippen molar-refractivity contribution in [3.05, 3.63) is 40.9 Å². The summed E-state index contributed by atoms with van der Waals surface area (Å²) in [7, 11) is 0.